The van der Waals surface area contributed by atoms with E-state index in [2.05, 4.69) is 0 Å². The van der Waals surface area contributed by atoms with Gasteiger partial charge in [0, 0.05) is 12.7 Å². The molecule has 1 saturated heterocycles. The third kappa shape index (κ3) is 3.16. The Morgan fingerprint density at radius 3 is 2.45 bits per heavy atom. The molecule has 0 aliphatic carbocycles. The van der Waals surface area contributed by atoms with E-state index in [1.54, 1.807) is 19.2 Å². The van der Waals surface area contributed by atoms with Crippen molar-refractivity contribution in [2.24, 2.45) is 0 Å². The summed E-state index contributed by atoms with van der Waals surface area (Å²) in [5.74, 6) is 0.189. The number of epoxide rings is 1. The van der Waals surface area contributed by atoms with Crippen molar-refractivity contribution >= 4 is 5.78 Å². The van der Waals surface area contributed by atoms with Crippen LogP contribution in [0.4, 0.5) is 4.39 Å². The van der Waals surface area contributed by atoms with E-state index in [0.29, 0.717) is 11.3 Å². The lowest BCUT2D eigenvalue weighted by atomic mass is 10.0. The van der Waals surface area contributed by atoms with E-state index in [-0.39, 0.29) is 24.5 Å². The summed E-state index contributed by atoms with van der Waals surface area (Å²) in [6.07, 6.45) is -0.759. The van der Waals surface area contributed by atoms with Crippen LogP contribution in [0.5, 0.6) is 5.75 Å². The zero-order valence-electron chi connectivity index (χ0n) is 12.0. The van der Waals surface area contributed by atoms with Crippen molar-refractivity contribution in [2.45, 2.75) is 12.2 Å². The summed E-state index contributed by atoms with van der Waals surface area (Å²) in [7, 11) is 1.55. The second-order valence-corrected chi connectivity index (χ2v) is 4.97. The molecule has 114 valence electrons. The standard InChI is InChI=1S/C17H15FO4/c1-20-10-21-14-8-4-12(5-9-14)16-17(22-16)15(19)11-2-6-13(18)7-3-11/h2-9,16-17H,10H2,1H3. The molecule has 22 heavy (non-hydrogen) atoms. The molecule has 2 unspecified atom stereocenters. The summed E-state index contributed by atoms with van der Waals surface area (Å²) in [4.78, 5) is 12.2. The van der Waals surface area contributed by atoms with Gasteiger partial charge in [0.1, 0.15) is 17.7 Å². The van der Waals surface area contributed by atoms with Gasteiger partial charge in [-0.1, -0.05) is 12.1 Å². The molecular weight excluding hydrogens is 287 g/mol. The van der Waals surface area contributed by atoms with Crippen LogP contribution < -0.4 is 4.74 Å². The molecule has 0 aromatic heterocycles. The van der Waals surface area contributed by atoms with Gasteiger partial charge in [0.15, 0.2) is 18.7 Å². The summed E-state index contributed by atoms with van der Waals surface area (Å²) in [6.45, 7) is 0.185. The lowest BCUT2D eigenvalue weighted by molar-refractivity contribution is 0.0511. The highest BCUT2D eigenvalue weighted by molar-refractivity contribution is 6.01. The van der Waals surface area contributed by atoms with Crippen LogP contribution in [0.25, 0.3) is 0 Å². The molecule has 1 aliphatic heterocycles. The number of carbonyl (C=O) groups is 1. The van der Waals surface area contributed by atoms with Crippen LogP contribution in [0.2, 0.25) is 0 Å². The first-order valence-corrected chi connectivity index (χ1v) is 6.86. The summed E-state index contributed by atoms with van der Waals surface area (Å²) in [6, 6.07) is 12.8. The van der Waals surface area contributed by atoms with E-state index in [1.165, 1.54) is 24.3 Å². The molecule has 5 heteroatoms. The maximum atomic E-state index is 12.9. The van der Waals surface area contributed by atoms with Gasteiger partial charge in [-0.2, -0.15) is 0 Å². The largest absolute Gasteiger partial charge is 0.468 e. The Labute approximate surface area is 127 Å². The maximum Gasteiger partial charge on any atom is 0.194 e. The third-order valence-electron chi connectivity index (χ3n) is 3.43. The highest BCUT2D eigenvalue weighted by Crippen LogP contribution is 2.41. The van der Waals surface area contributed by atoms with Gasteiger partial charge in [0.25, 0.3) is 0 Å². The molecule has 0 saturated carbocycles. The molecule has 0 N–H and O–H groups in total. The average Bonchev–Trinajstić information content (AvgIpc) is 3.34. The number of halogens is 1. The number of Topliss-reactive ketones (excluding diaryl/α,β-unsaturated/α-hetero) is 1. The fraction of sp³-hybridized carbons (Fsp3) is 0.235. The van der Waals surface area contributed by atoms with Gasteiger partial charge in [-0.05, 0) is 42.0 Å². The number of benzene rings is 2. The summed E-state index contributed by atoms with van der Waals surface area (Å²) in [5.41, 5.74) is 1.36. The molecule has 0 spiro atoms. The highest BCUT2D eigenvalue weighted by atomic mass is 19.1. The maximum absolute atomic E-state index is 12.9. The van der Waals surface area contributed by atoms with E-state index in [1.807, 2.05) is 12.1 Å². The van der Waals surface area contributed by atoms with Crippen LogP contribution in [0, 0.1) is 5.82 Å². The molecule has 1 heterocycles. The van der Waals surface area contributed by atoms with Crippen molar-refractivity contribution in [1.29, 1.82) is 0 Å². The van der Waals surface area contributed by atoms with Crippen molar-refractivity contribution in [2.75, 3.05) is 13.9 Å². The fourth-order valence-corrected chi connectivity index (χ4v) is 2.22. The zero-order chi connectivity index (χ0) is 15.5. The van der Waals surface area contributed by atoms with Crippen LogP contribution in [-0.2, 0) is 9.47 Å². The van der Waals surface area contributed by atoms with E-state index in [9.17, 15) is 9.18 Å². The van der Waals surface area contributed by atoms with Gasteiger partial charge < -0.3 is 14.2 Å². The predicted octanol–water partition coefficient (Wildman–Crippen LogP) is 3.13. The summed E-state index contributed by atoms with van der Waals surface area (Å²) >= 11 is 0. The van der Waals surface area contributed by atoms with Gasteiger partial charge in [0.2, 0.25) is 0 Å². The molecule has 2 aromatic rings. The van der Waals surface area contributed by atoms with Gasteiger partial charge in [-0.25, -0.2) is 4.39 Å². The fourth-order valence-electron chi connectivity index (χ4n) is 2.22. The first-order valence-electron chi connectivity index (χ1n) is 6.86. The number of carbonyl (C=O) groups excluding carboxylic acids is 1. The topological polar surface area (TPSA) is 48.1 Å². The highest BCUT2D eigenvalue weighted by Gasteiger charge is 2.46. The number of hydrogen-bond donors (Lipinski definition) is 0. The second-order valence-electron chi connectivity index (χ2n) is 4.97. The van der Waals surface area contributed by atoms with Crippen LogP contribution in [0.15, 0.2) is 48.5 Å². The first kappa shape index (κ1) is 14.7. The van der Waals surface area contributed by atoms with Crippen LogP contribution in [-0.4, -0.2) is 25.8 Å². The normalized spacial score (nSPS) is 19.7. The summed E-state index contributed by atoms with van der Waals surface area (Å²) in [5, 5.41) is 0. The lowest BCUT2D eigenvalue weighted by Crippen LogP contribution is -2.08. The van der Waals surface area contributed by atoms with E-state index in [4.69, 9.17) is 14.2 Å². The Balaban J connectivity index is 1.64. The predicted molar refractivity (Wildman–Crippen MR) is 77.3 cm³/mol. The van der Waals surface area contributed by atoms with E-state index >= 15 is 0 Å². The van der Waals surface area contributed by atoms with Crippen molar-refractivity contribution in [3.8, 4) is 5.75 Å². The van der Waals surface area contributed by atoms with E-state index in [0.717, 1.165) is 5.56 Å². The monoisotopic (exact) mass is 302 g/mol. The van der Waals surface area contributed by atoms with Gasteiger partial charge in [0.05, 0.1) is 0 Å². The van der Waals surface area contributed by atoms with Crippen molar-refractivity contribution in [1.82, 2.24) is 0 Å². The van der Waals surface area contributed by atoms with E-state index < -0.39 is 6.10 Å². The van der Waals surface area contributed by atoms with Crippen molar-refractivity contribution in [3.05, 3.63) is 65.5 Å². The van der Waals surface area contributed by atoms with Crippen LogP contribution in [0.1, 0.15) is 22.0 Å². The van der Waals surface area contributed by atoms with Gasteiger partial charge >= 0.3 is 0 Å². The van der Waals surface area contributed by atoms with Crippen molar-refractivity contribution in [3.63, 3.8) is 0 Å². The zero-order valence-corrected chi connectivity index (χ0v) is 12.0. The molecule has 3 rings (SSSR count). The SMILES string of the molecule is COCOc1ccc(C2OC2C(=O)c2ccc(F)cc2)cc1. The number of rotatable bonds is 6. The molecule has 0 amide bonds. The second kappa shape index (κ2) is 6.25. The average molecular weight is 302 g/mol. The Bertz CT molecular complexity index is 651. The molecule has 2 aromatic carbocycles. The van der Waals surface area contributed by atoms with Gasteiger partial charge in [-0.15, -0.1) is 0 Å². The van der Waals surface area contributed by atoms with Crippen LogP contribution in [0.3, 0.4) is 0 Å². The minimum absolute atomic E-state index is 0.135. The number of ketones is 1. The van der Waals surface area contributed by atoms with Crippen LogP contribution >= 0.6 is 0 Å². The molecule has 4 nitrogen and oxygen atoms in total. The molecular formula is C17H15FO4. The molecule has 1 fully saturated rings. The number of methoxy groups -OCH3 is 1. The Kier molecular flexibility index (Phi) is 4.18. The Morgan fingerprint density at radius 2 is 1.82 bits per heavy atom. The molecule has 0 bridgehead atoms. The smallest absolute Gasteiger partial charge is 0.194 e. The molecule has 1 aliphatic rings. The molecule has 2 atom stereocenters. The van der Waals surface area contributed by atoms with Gasteiger partial charge in [-0.3, -0.25) is 4.79 Å². The van der Waals surface area contributed by atoms with Crippen molar-refractivity contribution < 1.29 is 23.4 Å². The summed E-state index contributed by atoms with van der Waals surface area (Å²) < 4.78 is 28.5. The first-order chi connectivity index (χ1) is 10.7. The number of ether oxygens (including phenoxy) is 3. The Morgan fingerprint density at radius 1 is 1.14 bits per heavy atom. The molecule has 0 radical (unpaired) electrons. The minimum atomic E-state index is -0.504. The number of hydrogen-bond acceptors (Lipinski definition) is 4. The lowest BCUT2D eigenvalue weighted by Gasteiger charge is -2.04. The Hall–Kier alpha value is -2.24. The quantitative estimate of drug-likeness (QED) is 0.467. The third-order valence-corrected chi connectivity index (χ3v) is 3.43. The minimum Gasteiger partial charge on any atom is -0.468 e.